The van der Waals surface area contributed by atoms with E-state index in [4.69, 9.17) is 9.97 Å². The molecule has 0 N–H and O–H groups in total. The summed E-state index contributed by atoms with van der Waals surface area (Å²) in [6.07, 6.45) is 7.15. The number of halogens is 1. The van der Waals surface area contributed by atoms with Crippen LogP contribution >= 0.6 is 15.9 Å². The molecule has 1 aliphatic rings. The SMILES string of the molecule is CCCCCCCN1C(=O)CCc2c(C)nc(N(CC)c3ccc(C(C)C)cc3Br)nc21. The Bertz CT molecular complexity index is 944. The van der Waals surface area contributed by atoms with Crippen molar-refractivity contribution in [3.05, 3.63) is 39.5 Å². The molecule has 0 radical (unpaired) electrons. The largest absolute Gasteiger partial charge is 0.310 e. The first-order valence-corrected chi connectivity index (χ1v) is 12.9. The van der Waals surface area contributed by atoms with Crippen molar-refractivity contribution in [1.29, 1.82) is 0 Å². The van der Waals surface area contributed by atoms with E-state index in [1.807, 2.05) is 11.8 Å². The Balaban J connectivity index is 1.93. The third kappa shape index (κ3) is 5.51. The van der Waals surface area contributed by atoms with Crippen LogP contribution in [0.4, 0.5) is 17.5 Å². The molecule has 1 aliphatic heterocycles. The van der Waals surface area contributed by atoms with Crippen LogP contribution in [0.1, 0.15) is 89.0 Å². The van der Waals surface area contributed by atoms with Gasteiger partial charge >= 0.3 is 0 Å². The Hall–Kier alpha value is -1.95. The van der Waals surface area contributed by atoms with E-state index in [-0.39, 0.29) is 5.91 Å². The fourth-order valence-electron chi connectivity index (χ4n) is 4.31. The zero-order valence-electron chi connectivity index (χ0n) is 20.2. The first kappa shape index (κ1) is 24.7. The molecule has 3 rings (SSSR count). The van der Waals surface area contributed by atoms with Gasteiger partial charge in [0.15, 0.2) is 0 Å². The van der Waals surface area contributed by atoms with Gasteiger partial charge in [-0.3, -0.25) is 9.69 Å². The van der Waals surface area contributed by atoms with Gasteiger partial charge in [-0.05, 0) is 66.2 Å². The van der Waals surface area contributed by atoms with Gasteiger partial charge in [0.1, 0.15) is 5.82 Å². The fraction of sp³-hybridized carbons (Fsp3) is 0.577. The number of carbonyl (C=O) groups excluding carboxylic acids is 1. The Morgan fingerprint density at radius 2 is 1.84 bits per heavy atom. The minimum atomic E-state index is 0.183. The summed E-state index contributed by atoms with van der Waals surface area (Å²) in [5.41, 5.74) is 4.43. The van der Waals surface area contributed by atoms with Crippen LogP contribution in [0.25, 0.3) is 0 Å². The molecular formula is C26H37BrN4O. The number of anilines is 3. The van der Waals surface area contributed by atoms with Crippen LogP contribution < -0.4 is 9.80 Å². The number of nitrogens with zero attached hydrogens (tertiary/aromatic N) is 4. The molecule has 0 unspecified atom stereocenters. The van der Waals surface area contributed by atoms with Crippen LogP contribution in [0.2, 0.25) is 0 Å². The van der Waals surface area contributed by atoms with Crippen molar-refractivity contribution >= 4 is 39.3 Å². The zero-order chi connectivity index (χ0) is 23.3. The Morgan fingerprint density at radius 3 is 2.50 bits per heavy atom. The van der Waals surface area contributed by atoms with E-state index in [0.717, 1.165) is 59.6 Å². The van der Waals surface area contributed by atoms with E-state index >= 15 is 0 Å². The molecule has 1 aromatic carbocycles. The van der Waals surface area contributed by atoms with Gasteiger partial charge in [0.2, 0.25) is 11.9 Å². The van der Waals surface area contributed by atoms with Crippen molar-refractivity contribution in [3.8, 4) is 0 Å². The molecule has 0 atom stereocenters. The maximum atomic E-state index is 12.8. The van der Waals surface area contributed by atoms with Gasteiger partial charge in [-0.1, -0.05) is 52.5 Å². The van der Waals surface area contributed by atoms with E-state index in [9.17, 15) is 4.79 Å². The molecule has 1 aromatic heterocycles. The van der Waals surface area contributed by atoms with Gasteiger partial charge in [0.25, 0.3) is 0 Å². The van der Waals surface area contributed by atoms with E-state index in [2.05, 4.69) is 66.7 Å². The number of rotatable bonds is 10. The molecular weight excluding hydrogens is 464 g/mol. The third-order valence-electron chi connectivity index (χ3n) is 6.30. The van der Waals surface area contributed by atoms with Crippen LogP contribution in [-0.4, -0.2) is 29.0 Å². The van der Waals surface area contributed by atoms with Gasteiger partial charge in [-0.15, -0.1) is 0 Å². The molecule has 174 valence electrons. The van der Waals surface area contributed by atoms with E-state index in [1.54, 1.807) is 0 Å². The van der Waals surface area contributed by atoms with E-state index in [1.165, 1.54) is 24.8 Å². The molecule has 0 spiro atoms. The number of benzene rings is 1. The van der Waals surface area contributed by atoms with E-state index in [0.29, 0.717) is 18.3 Å². The van der Waals surface area contributed by atoms with Crippen molar-refractivity contribution in [2.45, 2.75) is 85.5 Å². The number of hydrogen-bond acceptors (Lipinski definition) is 4. The normalized spacial score (nSPS) is 13.6. The summed E-state index contributed by atoms with van der Waals surface area (Å²) in [5.74, 6) is 2.12. The van der Waals surface area contributed by atoms with Gasteiger partial charge in [0, 0.05) is 35.2 Å². The summed E-state index contributed by atoms with van der Waals surface area (Å²) in [4.78, 5) is 26.7. The number of fused-ring (bicyclic) bond motifs is 1. The second-order valence-corrected chi connectivity index (χ2v) is 9.83. The maximum absolute atomic E-state index is 12.8. The Kier molecular flexibility index (Phi) is 8.69. The molecule has 1 amide bonds. The molecule has 5 nitrogen and oxygen atoms in total. The highest BCUT2D eigenvalue weighted by Gasteiger charge is 2.29. The number of aryl methyl sites for hydroxylation is 1. The summed E-state index contributed by atoms with van der Waals surface area (Å²) in [6, 6.07) is 6.49. The minimum Gasteiger partial charge on any atom is -0.310 e. The van der Waals surface area contributed by atoms with Crippen LogP contribution in [0.3, 0.4) is 0 Å². The number of aromatic nitrogens is 2. The average Bonchev–Trinajstić information content (AvgIpc) is 2.76. The predicted molar refractivity (Wildman–Crippen MR) is 137 cm³/mol. The van der Waals surface area contributed by atoms with Crippen molar-refractivity contribution in [1.82, 2.24) is 9.97 Å². The lowest BCUT2D eigenvalue weighted by Gasteiger charge is -2.31. The molecule has 0 aliphatic carbocycles. The second kappa shape index (κ2) is 11.3. The molecule has 0 bridgehead atoms. The summed E-state index contributed by atoms with van der Waals surface area (Å²) >= 11 is 3.76. The highest BCUT2D eigenvalue weighted by Crippen LogP contribution is 2.36. The van der Waals surface area contributed by atoms with E-state index < -0.39 is 0 Å². The summed E-state index contributed by atoms with van der Waals surface area (Å²) in [6.45, 7) is 12.3. The smallest absolute Gasteiger partial charge is 0.232 e. The van der Waals surface area contributed by atoms with Crippen molar-refractivity contribution in [3.63, 3.8) is 0 Å². The quantitative estimate of drug-likeness (QED) is 0.327. The third-order valence-corrected chi connectivity index (χ3v) is 6.93. The Labute approximate surface area is 201 Å². The lowest BCUT2D eigenvalue weighted by atomic mass is 10.0. The summed E-state index contributed by atoms with van der Waals surface area (Å²) in [7, 11) is 0. The Morgan fingerprint density at radius 1 is 1.09 bits per heavy atom. The van der Waals surface area contributed by atoms with Gasteiger partial charge < -0.3 is 4.90 Å². The van der Waals surface area contributed by atoms with Gasteiger partial charge in [-0.25, -0.2) is 4.98 Å². The average molecular weight is 502 g/mol. The molecule has 32 heavy (non-hydrogen) atoms. The summed E-state index contributed by atoms with van der Waals surface area (Å²) < 4.78 is 1.04. The highest BCUT2D eigenvalue weighted by molar-refractivity contribution is 9.10. The van der Waals surface area contributed by atoms with Crippen LogP contribution in [0, 0.1) is 6.92 Å². The topological polar surface area (TPSA) is 49.3 Å². The number of hydrogen-bond donors (Lipinski definition) is 0. The van der Waals surface area contributed by atoms with Gasteiger partial charge in [0.05, 0.1) is 5.69 Å². The van der Waals surface area contributed by atoms with Crippen LogP contribution in [0.15, 0.2) is 22.7 Å². The molecule has 0 saturated heterocycles. The lowest BCUT2D eigenvalue weighted by Crippen LogP contribution is -2.37. The highest BCUT2D eigenvalue weighted by atomic mass is 79.9. The lowest BCUT2D eigenvalue weighted by molar-refractivity contribution is -0.119. The standard InChI is InChI=1S/C26H37BrN4O/c1-6-8-9-10-11-16-31-24(32)15-13-21-19(5)28-26(29-25(21)31)30(7-2)23-14-12-20(18(3)4)17-22(23)27/h12,14,17-18H,6-11,13,15-16H2,1-5H3. The first-order chi connectivity index (χ1) is 15.4. The predicted octanol–water partition coefficient (Wildman–Crippen LogP) is 7.08. The van der Waals surface area contributed by atoms with Crippen LogP contribution in [-0.2, 0) is 11.2 Å². The van der Waals surface area contributed by atoms with Crippen molar-refractivity contribution < 1.29 is 4.79 Å². The molecule has 0 fully saturated rings. The first-order valence-electron chi connectivity index (χ1n) is 12.1. The number of amides is 1. The van der Waals surface area contributed by atoms with Crippen molar-refractivity contribution in [2.75, 3.05) is 22.9 Å². The maximum Gasteiger partial charge on any atom is 0.232 e. The number of unbranched alkanes of at least 4 members (excludes halogenated alkanes) is 4. The van der Waals surface area contributed by atoms with Crippen molar-refractivity contribution in [2.24, 2.45) is 0 Å². The number of carbonyl (C=O) groups is 1. The van der Waals surface area contributed by atoms with Crippen LogP contribution in [0.5, 0.6) is 0 Å². The monoisotopic (exact) mass is 500 g/mol. The second-order valence-electron chi connectivity index (χ2n) is 8.98. The molecule has 6 heteroatoms. The molecule has 2 heterocycles. The molecule has 0 saturated carbocycles. The molecule has 2 aromatic rings. The minimum absolute atomic E-state index is 0.183. The summed E-state index contributed by atoms with van der Waals surface area (Å²) in [5, 5.41) is 0. The van der Waals surface area contributed by atoms with Gasteiger partial charge in [-0.2, -0.15) is 4.98 Å². The fourth-order valence-corrected chi connectivity index (χ4v) is 4.92. The zero-order valence-corrected chi connectivity index (χ0v) is 21.8.